The van der Waals surface area contributed by atoms with E-state index in [0.29, 0.717) is 12.5 Å². The number of ether oxygens (including phenoxy) is 1. The minimum Gasteiger partial charge on any atom is -0.478 e. The Hall–Kier alpha value is -1.85. The van der Waals surface area contributed by atoms with Crippen molar-refractivity contribution in [3.8, 4) is 5.88 Å². The average molecular weight is 292 g/mol. The van der Waals surface area contributed by atoms with Crippen LogP contribution in [0.3, 0.4) is 0 Å². The van der Waals surface area contributed by atoms with Gasteiger partial charge in [-0.2, -0.15) is 0 Å². The fourth-order valence-corrected chi connectivity index (χ4v) is 2.76. The average Bonchev–Trinajstić information content (AvgIpc) is 2.98. The van der Waals surface area contributed by atoms with E-state index in [1.165, 1.54) is 6.33 Å². The number of hydrogen-bond acceptors (Lipinski definition) is 5. The van der Waals surface area contributed by atoms with Crippen molar-refractivity contribution in [3.63, 3.8) is 0 Å². The summed E-state index contributed by atoms with van der Waals surface area (Å²) in [6.45, 7) is 8.85. The van der Waals surface area contributed by atoms with Crippen LogP contribution in [0, 0.1) is 0 Å². The first kappa shape index (κ1) is 15.5. The third kappa shape index (κ3) is 3.43. The van der Waals surface area contributed by atoms with Crippen molar-refractivity contribution < 1.29 is 9.53 Å². The van der Waals surface area contributed by atoms with Gasteiger partial charge in [0.15, 0.2) is 0 Å². The van der Waals surface area contributed by atoms with Crippen LogP contribution >= 0.6 is 0 Å². The number of amides is 1. The van der Waals surface area contributed by atoms with Crippen LogP contribution in [0.5, 0.6) is 5.88 Å². The Morgan fingerprint density at radius 2 is 2.14 bits per heavy atom. The van der Waals surface area contributed by atoms with Gasteiger partial charge in [0.2, 0.25) is 11.8 Å². The molecular weight excluding hydrogens is 268 g/mol. The van der Waals surface area contributed by atoms with Crippen molar-refractivity contribution in [2.24, 2.45) is 0 Å². The lowest BCUT2D eigenvalue weighted by Crippen LogP contribution is -2.46. The number of nitrogens with zero attached hydrogens (tertiary/aromatic N) is 4. The quantitative estimate of drug-likeness (QED) is 0.799. The van der Waals surface area contributed by atoms with E-state index in [0.717, 1.165) is 38.3 Å². The normalized spacial score (nSPS) is 17.9. The highest BCUT2D eigenvalue weighted by Gasteiger charge is 2.33. The van der Waals surface area contributed by atoms with Gasteiger partial charge < -0.3 is 14.5 Å². The Kier molecular flexibility index (Phi) is 5.36. The summed E-state index contributed by atoms with van der Waals surface area (Å²) in [5.74, 6) is 1.52. The van der Waals surface area contributed by atoms with Gasteiger partial charge in [-0.15, -0.1) is 0 Å². The lowest BCUT2D eigenvalue weighted by atomic mass is 10.2. The molecule has 2 heterocycles. The van der Waals surface area contributed by atoms with Gasteiger partial charge in [-0.05, 0) is 33.6 Å². The van der Waals surface area contributed by atoms with Gasteiger partial charge in [-0.1, -0.05) is 0 Å². The predicted molar refractivity (Wildman–Crippen MR) is 81.5 cm³/mol. The Bertz CT molecular complexity index is 476. The Morgan fingerprint density at radius 1 is 1.38 bits per heavy atom. The summed E-state index contributed by atoms with van der Waals surface area (Å²) in [4.78, 5) is 25.0. The largest absolute Gasteiger partial charge is 0.478 e. The second kappa shape index (κ2) is 7.24. The maximum Gasteiger partial charge on any atom is 0.245 e. The van der Waals surface area contributed by atoms with E-state index >= 15 is 0 Å². The molecular formula is C15H24N4O2. The third-order valence-corrected chi connectivity index (χ3v) is 3.83. The molecule has 1 aliphatic rings. The van der Waals surface area contributed by atoms with Crippen LogP contribution in [0.25, 0.3) is 0 Å². The van der Waals surface area contributed by atoms with Gasteiger partial charge in [0.25, 0.3) is 0 Å². The van der Waals surface area contributed by atoms with Crippen LogP contribution < -0.4 is 9.64 Å². The summed E-state index contributed by atoms with van der Waals surface area (Å²) in [5.41, 5.74) is 0. The van der Waals surface area contributed by atoms with Crippen molar-refractivity contribution in [1.82, 2.24) is 14.9 Å². The molecule has 0 spiro atoms. The van der Waals surface area contributed by atoms with E-state index < -0.39 is 0 Å². The Labute approximate surface area is 126 Å². The molecule has 2 rings (SSSR count). The molecule has 21 heavy (non-hydrogen) atoms. The van der Waals surface area contributed by atoms with Crippen molar-refractivity contribution in [2.75, 3.05) is 31.1 Å². The highest BCUT2D eigenvalue weighted by atomic mass is 16.5. The van der Waals surface area contributed by atoms with E-state index in [4.69, 9.17) is 4.74 Å². The lowest BCUT2D eigenvalue weighted by Gasteiger charge is -2.29. The highest BCUT2D eigenvalue weighted by Crippen LogP contribution is 2.26. The lowest BCUT2D eigenvalue weighted by molar-refractivity contribution is -0.132. The van der Waals surface area contributed by atoms with Crippen LogP contribution in [0.2, 0.25) is 0 Å². The fourth-order valence-electron chi connectivity index (χ4n) is 2.76. The zero-order valence-electron chi connectivity index (χ0n) is 13.1. The summed E-state index contributed by atoms with van der Waals surface area (Å²) >= 11 is 0. The van der Waals surface area contributed by atoms with E-state index in [1.807, 2.05) is 31.7 Å². The molecule has 1 fully saturated rings. The molecule has 1 saturated heterocycles. The van der Waals surface area contributed by atoms with Crippen molar-refractivity contribution in [3.05, 3.63) is 12.4 Å². The number of rotatable bonds is 6. The van der Waals surface area contributed by atoms with Crippen LogP contribution in [0.15, 0.2) is 12.4 Å². The minimum absolute atomic E-state index is 0.116. The summed E-state index contributed by atoms with van der Waals surface area (Å²) in [6, 6.07) is 1.70. The van der Waals surface area contributed by atoms with Crippen LogP contribution in [0.4, 0.5) is 5.82 Å². The minimum atomic E-state index is -0.116. The number of carbonyl (C=O) groups excluding carboxylic acids is 1. The summed E-state index contributed by atoms with van der Waals surface area (Å²) in [6.07, 6.45) is 3.38. The van der Waals surface area contributed by atoms with Crippen LogP contribution in [0.1, 0.15) is 33.6 Å². The van der Waals surface area contributed by atoms with Crippen molar-refractivity contribution in [1.29, 1.82) is 0 Å². The monoisotopic (exact) mass is 292 g/mol. The molecule has 0 N–H and O–H groups in total. The molecule has 6 nitrogen and oxygen atoms in total. The van der Waals surface area contributed by atoms with Gasteiger partial charge in [0, 0.05) is 25.7 Å². The smallest absolute Gasteiger partial charge is 0.245 e. The summed E-state index contributed by atoms with van der Waals surface area (Å²) in [5, 5.41) is 0. The van der Waals surface area contributed by atoms with Gasteiger partial charge in [-0.3, -0.25) is 4.79 Å². The molecule has 1 aliphatic heterocycles. The molecule has 0 saturated carbocycles. The molecule has 1 unspecified atom stereocenters. The van der Waals surface area contributed by atoms with Gasteiger partial charge in [0.05, 0.1) is 6.61 Å². The topological polar surface area (TPSA) is 58.6 Å². The molecule has 1 atom stereocenters. The van der Waals surface area contributed by atoms with Gasteiger partial charge >= 0.3 is 0 Å². The second-order valence-electron chi connectivity index (χ2n) is 5.01. The molecule has 1 amide bonds. The number of carbonyl (C=O) groups is 1. The fraction of sp³-hybridized carbons (Fsp3) is 0.667. The number of anilines is 1. The van der Waals surface area contributed by atoms with Gasteiger partial charge in [-0.25, -0.2) is 9.97 Å². The molecule has 0 bridgehead atoms. The molecule has 0 radical (unpaired) electrons. The third-order valence-electron chi connectivity index (χ3n) is 3.83. The van der Waals surface area contributed by atoms with E-state index in [-0.39, 0.29) is 11.9 Å². The summed E-state index contributed by atoms with van der Waals surface area (Å²) < 4.78 is 5.42. The first-order valence-corrected chi connectivity index (χ1v) is 7.71. The van der Waals surface area contributed by atoms with Crippen molar-refractivity contribution in [2.45, 2.75) is 39.7 Å². The molecule has 6 heteroatoms. The Balaban J connectivity index is 2.18. The highest BCUT2D eigenvalue weighted by molar-refractivity contribution is 5.85. The number of hydrogen-bond donors (Lipinski definition) is 0. The van der Waals surface area contributed by atoms with Crippen LogP contribution in [-0.2, 0) is 4.79 Å². The van der Waals surface area contributed by atoms with E-state index in [9.17, 15) is 4.79 Å². The molecule has 1 aromatic heterocycles. The summed E-state index contributed by atoms with van der Waals surface area (Å²) in [7, 11) is 0. The van der Waals surface area contributed by atoms with Crippen LogP contribution in [-0.4, -0.2) is 53.1 Å². The molecule has 1 aromatic rings. The number of likely N-dealkylation sites (N-methyl/N-ethyl adjacent to an activating group) is 1. The predicted octanol–water partition coefficient (Wildman–Crippen LogP) is 1.71. The maximum atomic E-state index is 12.6. The van der Waals surface area contributed by atoms with Crippen molar-refractivity contribution >= 4 is 11.7 Å². The zero-order valence-corrected chi connectivity index (χ0v) is 13.1. The molecule has 116 valence electrons. The van der Waals surface area contributed by atoms with E-state index in [2.05, 4.69) is 14.9 Å². The Morgan fingerprint density at radius 3 is 2.81 bits per heavy atom. The first-order valence-electron chi connectivity index (χ1n) is 7.71. The zero-order chi connectivity index (χ0) is 15.2. The second-order valence-corrected chi connectivity index (χ2v) is 5.01. The first-order chi connectivity index (χ1) is 10.2. The van der Waals surface area contributed by atoms with Gasteiger partial charge in [0.1, 0.15) is 18.2 Å². The molecule has 0 aromatic carbocycles. The standard InChI is InChI=1S/C15H24N4O2/c1-4-18(5-2)15(20)12-8-7-9-19(12)13-10-14(21-6-3)17-11-16-13/h10-12H,4-9H2,1-3H3. The van der Waals surface area contributed by atoms with E-state index in [1.54, 1.807) is 0 Å². The number of aromatic nitrogens is 2. The SMILES string of the molecule is CCOc1cc(N2CCCC2C(=O)N(CC)CC)ncn1. The molecule has 0 aliphatic carbocycles. The maximum absolute atomic E-state index is 12.6.